The van der Waals surface area contributed by atoms with Crippen LogP contribution in [0.25, 0.3) is 0 Å². The molecule has 0 bridgehead atoms. The van der Waals surface area contributed by atoms with Gasteiger partial charge in [-0.3, -0.25) is 9.35 Å². The summed E-state index contributed by atoms with van der Waals surface area (Å²) in [6, 6.07) is 0. The normalized spacial score (nSPS) is 20.7. The first kappa shape index (κ1) is 53.9. The first-order chi connectivity index (χ1) is 27.6. The highest BCUT2D eigenvalue weighted by Gasteiger charge is 2.48. The highest BCUT2D eigenvalue weighted by atomic mass is 32.3. The molecule has 12 nitrogen and oxygen atoms in total. The summed E-state index contributed by atoms with van der Waals surface area (Å²) in [5.41, 5.74) is 0. The Morgan fingerprint density at radius 3 is 1.58 bits per heavy atom. The Morgan fingerprint density at radius 1 is 0.649 bits per heavy atom. The molecule has 0 saturated carbocycles. The molecule has 0 spiro atoms. The Morgan fingerprint density at radius 2 is 1.11 bits per heavy atom. The Balaban J connectivity index is 2.42. The van der Waals surface area contributed by atoms with Crippen LogP contribution >= 0.6 is 0 Å². The molecule has 4 N–H and O–H groups in total. The molecule has 338 valence electrons. The standard InChI is InChI=1S/C44H84O12S/c1-3-5-7-9-11-13-15-17-19-20-22-24-26-28-30-32-34-52-36-38(37-53-44-42(48)43(56-57(49,50)51)41(47)39(35-45)55-44)54-40(46)33-31-29-27-25-23-21-18-16-14-12-10-8-6-4-2/h16,18,38-39,41-45,47-48H,3-15,17,19-37H2,1-2H3,(H,49,50,51)/b18-16-. The predicted molar refractivity (Wildman–Crippen MR) is 225 cm³/mol. The van der Waals surface area contributed by atoms with Crippen molar-refractivity contribution >= 4 is 16.4 Å². The molecule has 0 aromatic heterocycles. The monoisotopic (exact) mass is 837 g/mol. The zero-order chi connectivity index (χ0) is 41.8. The van der Waals surface area contributed by atoms with Gasteiger partial charge in [0.25, 0.3) is 0 Å². The molecule has 0 aromatic rings. The second-order valence-corrected chi connectivity index (χ2v) is 17.0. The zero-order valence-corrected chi connectivity index (χ0v) is 36.7. The maximum absolute atomic E-state index is 12.8. The third kappa shape index (κ3) is 30.5. The number of carbonyl (C=O) groups excluding carboxylic acids is 1. The van der Waals surface area contributed by atoms with E-state index in [0.29, 0.717) is 13.0 Å². The lowest BCUT2D eigenvalue weighted by molar-refractivity contribution is -0.301. The average Bonchev–Trinajstić information content (AvgIpc) is 3.18. The fourth-order valence-electron chi connectivity index (χ4n) is 7.14. The van der Waals surface area contributed by atoms with Gasteiger partial charge >= 0.3 is 16.4 Å². The highest BCUT2D eigenvalue weighted by Crippen LogP contribution is 2.26. The minimum atomic E-state index is -5.06. The van der Waals surface area contributed by atoms with E-state index in [4.69, 9.17) is 23.5 Å². The summed E-state index contributed by atoms with van der Waals surface area (Å²) in [6.45, 7) is 3.99. The lowest BCUT2D eigenvalue weighted by Gasteiger charge is -2.41. The number of hydrogen-bond acceptors (Lipinski definition) is 11. The van der Waals surface area contributed by atoms with Crippen LogP contribution in [-0.2, 0) is 38.3 Å². The number of rotatable bonds is 40. The summed E-state index contributed by atoms with van der Waals surface area (Å²) in [5, 5.41) is 30.6. The van der Waals surface area contributed by atoms with E-state index >= 15 is 0 Å². The van der Waals surface area contributed by atoms with Crippen LogP contribution in [0, 0.1) is 0 Å². The van der Waals surface area contributed by atoms with Gasteiger partial charge in [-0.1, -0.05) is 167 Å². The van der Waals surface area contributed by atoms with E-state index in [9.17, 15) is 28.5 Å². The number of hydrogen-bond donors (Lipinski definition) is 4. The van der Waals surface area contributed by atoms with Crippen LogP contribution in [-0.4, -0.2) is 97.5 Å². The van der Waals surface area contributed by atoms with E-state index in [1.165, 1.54) is 116 Å². The maximum atomic E-state index is 12.8. The molecule has 1 heterocycles. The molecule has 13 heteroatoms. The van der Waals surface area contributed by atoms with Crippen LogP contribution in [0.15, 0.2) is 12.2 Å². The zero-order valence-electron chi connectivity index (χ0n) is 35.9. The number of aliphatic hydroxyl groups excluding tert-OH is 3. The first-order valence-corrected chi connectivity index (χ1v) is 24.3. The molecule has 6 unspecified atom stereocenters. The average molecular weight is 837 g/mol. The van der Waals surface area contributed by atoms with Crippen molar-refractivity contribution in [2.24, 2.45) is 0 Å². The minimum Gasteiger partial charge on any atom is -0.457 e. The molecule has 1 aliphatic heterocycles. The molecular formula is C44H84O12S. The maximum Gasteiger partial charge on any atom is 0.397 e. The van der Waals surface area contributed by atoms with Gasteiger partial charge in [0.05, 0.1) is 19.8 Å². The molecular weight excluding hydrogens is 753 g/mol. The van der Waals surface area contributed by atoms with Gasteiger partial charge in [0.2, 0.25) is 0 Å². The van der Waals surface area contributed by atoms with Gasteiger partial charge in [-0.05, 0) is 38.5 Å². The second kappa shape index (κ2) is 36.7. The largest absolute Gasteiger partial charge is 0.457 e. The summed E-state index contributed by atoms with van der Waals surface area (Å²) in [5.74, 6) is -0.405. The molecule has 0 aliphatic carbocycles. The molecule has 0 radical (unpaired) electrons. The van der Waals surface area contributed by atoms with Gasteiger partial charge in [0, 0.05) is 13.0 Å². The van der Waals surface area contributed by atoms with Crippen molar-refractivity contribution in [1.82, 2.24) is 0 Å². The quantitative estimate of drug-likeness (QED) is 0.0199. The van der Waals surface area contributed by atoms with E-state index in [2.05, 4.69) is 30.2 Å². The highest BCUT2D eigenvalue weighted by molar-refractivity contribution is 7.80. The molecule has 57 heavy (non-hydrogen) atoms. The van der Waals surface area contributed by atoms with Crippen molar-refractivity contribution in [2.75, 3.05) is 26.4 Å². The van der Waals surface area contributed by atoms with E-state index < -0.39 is 59.8 Å². The topological polar surface area (TPSA) is 178 Å². The molecule has 1 saturated heterocycles. The van der Waals surface area contributed by atoms with Crippen LogP contribution in [0.5, 0.6) is 0 Å². The van der Waals surface area contributed by atoms with Crippen molar-refractivity contribution < 1.29 is 56.2 Å². The smallest absolute Gasteiger partial charge is 0.397 e. The van der Waals surface area contributed by atoms with E-state index in [0.717, 1.165) is 57.8 Å². The SMILES string of the molecule is CCCCCCC/C=C\CCCCCCCC(=O)OC(COCCCCCCCCCCCCCCCCCC)COC1OC(CO)C(O)C(OS(=O)(=O)O)C1O. The molecule has 6 atom stereocenters. The number of carbonyl (C=O) groups is 1. The van der Waals surface area contributed by atoms with Crippen molar-refractivity contribution in [3.63, 3.8) is 0 Å². The van der Waals surface area contributed by atoms with Crippen LogP contribution in [0.3, 0.4) is 0 Å². The van der Waals surface area contributed by atoms with E-state index in [1.54, 1.807) is 0 Å². The Bertz CT molecular complexity index is 1060. The number of esters is 1. The lowest BCUT2D eigenvalue weighted by Crippen LogP contribution is -2.60. The van der Waals surface area contributed by atoms with Crippen molar-refractivity contribution in [3.8, 4) is 0 Å². The van der Waals surface area contributed by atoms with E-state index in [-0.39, 0.29) is 19.6 Å². The van der Waals surface area contributed by atoms with E-state index in [1.807, 2.05) is 0 Å². The third-order valence-electron chi connectivity index (χ3n) is 10.6. The Hall–Kier alpha value is -1.16. The number of allylic oxidation sites excluding steroid dienone is 2. The summed E-state index contributed by atoms with van der Waals surface area (Å²) in [4.78, 5) is 12.8. The Labute approximate surface area is 347 Å². The van der Waals surface area contributed by atoms with Gasteiger partial charge in [-0.25, -0.2) is 4.18 Å². The van der Waals surface area contributed by atoms with Crippen molar-refractivity contribution in [3.05, 3.63) is 12.2 Å². The minimum absolute atomic E-state index is 0.0382. The van der Waals surface area contributed by atoms with Gasteiger partial charge in [0.1, 0.15) is 30.5 Å². The van der Waals surface area contributed by atoms with Crippen LogP contribution < -0.4 is 0 Å². The lowest BCUT2D eigenvalue weighted by atomic mass is 9.99. The second-order valence-electron chi connectivity index (χ2n) is 16.0. The number of unbranched alkanes of at least 4 members (excludes halogenated alkanes) is 25. The molecule has 0 amide bonds. The first-order valence-electron chi connectivity index (χ1n) is 22.9. The molecule has 1 fully saturated rings. The van der Waals surface area contributed by atoms with Crippen LogP contribution in [0.2, 0.25) is 0 Å². The van der Waals surface area contributed by atoms with Gasteiger partial charge < -0.3 is 34.3 Å². The van der Waals surface area contributed by atoms with Gasteiger partial charge in [-0.2, -0.15) is 8.42 Å². The Kier molecular flexibility index (Phi) is 34.6. The van der Waals surface area contributed by atoms with Crippen molar-refractivity contribution in [1.29, 1.82) is 0 Å². The van der Waals surface area contributed by atoms with Gasteiger partial charge in [-0.15, -0.1) is 0 Å². The van der Waals surface area contributed by atoms with Crippen molar-refractivity contribution in [2.45, 2.75) is 237 Å². The molecule has 1 rings (SSSR count). The summed E-state index contributed by atoms with van der Waals surface area (Å²) >= 11 is 0. The summed E-state index contributed by atoms with van der Waals surface area (Å²) in [7, 11) is -5.06. The van der Waals surface area contributed by atoms with Crippen LogP contribution in [0.4, 0.5) is 0 Å². The third-order valence-corrected chi connectivity index (χ3v) is 11.1. The fraction of sp³-hybridized carbons (Fsp3) is 0.932. The number of aliphatic hydroxyl groups is 3. The predicted octanol–water partition coefficient (Wildman–Crippen LogP) is 9.47. The summed E-state index contributed by atoms with van der Waals surface area (Å²) < 4.78 is 59.0. The van der Waals surface area contributed by atoms with Crippen LogP contribution in [0.1, 0.15) is 200 Å². The number of ether oxygens (including phenoxy) is 4. The molecule has 0 aromatic carbocycles. The molecule has 1 aliphatic rings. The van der Waals surface area contributed by atoms with Gasteiger partial charge in [0.15, 0.2) is 6.29 Å². The summed E-state index contributed by atoms with van der Waals surface area (Å²) in [6.07, 6.45) is 29.6. The fourth-order valence-corrected chi connectivity index (χ4v) is 7.65.